The van der Waals surface area contributed by atoms with Gasteiger partial charge in [-0.05, 0) is 41.6 Å². The molecule has 94 valence electrons. The van der Waals surface area contributed by atoms with Gasteiger partial charge in [-0.15, -0.1) is 0 Å². The van der Waals surface area contributed by atoms with Crippen molar-refractivity contribution in [3.8, 4) is 11.1 Å². The van der Waals surface area contributed by atoms with Gasteiger partial charge in [0.15, 0.2) is 0 Å². The van der Waals surface area contributed by atoms with E-state index in [-0.39, 0.29) is 0 Å². The standard InChI is InChI=1S/C15H12FN3/c1-9-4-14(16)18-8-13(9)11-3-2-10-6-15(17)19-7-12(10)5-11/h2-8H,1H3,(H2,17,19). The Bertz CT molecular complexity index is 768. The van der Waals surface area contributed by atoms with Gasteiger partial charge in [-0.2, -0.15) is 4.39 Å². The van der Waals surface area contributed by atoms with E-state index in [1.54, 1.807) is 12.4 Å². The van der Waals surface area contributed by atoms with Crippen LogP contribution in [0.2, 0.25) is 0 Å². The van der Waals surface area contributed by atoms with E-state index >= 15 is 0 Å². The number of nitrogens with zero attached hydrogens (tertiary/aromatic N) is 2. The van der Waals surface area contributed by atoms with Crippen molar-refractivity contribution in [2.45, 2.75) is 6.92 Å². The zero-order chi connectivity index (χ0) is 13.4. The monoisotopic (exact) mass is 253 g/mol. The molecule has 3 nitrogen and oxygen atoms in total. The first kappa shape index (κ1) is 11.6. The predicted octanol–water partition coefficient (Wildman–Crippen LogP) is 3.33. The first-order valence-electron chi connectivity index (χ1n) is 5.91. The summed E-state index contributed by atoms with van der Waals surface area (Å²) in [6.45, 7) is 1.87. The largest absolute Gasteiger partial charge is 0.384 e. The number of hydrogen-bond donors (Lipinski definition) is 1. The van der Waals surface area contributed by atoms with Crippen molar-refractivity contribution in [3.63, 3.8) is 0 Å². The molecule has 0 aliphatic heterocycles. The maximum absolute atomic E-state index is 13.0. The van der Waals surface area contributed by atoms with E-state index in [4.69, 9.17) is 5.73 Å². The third kappa shape index (κ3) is 2.12. The Labute approximate surface area is 109 Å². The van der Waals surface area contributed by atoms with Crippen molar-refractivity contribution < 1.29 is 4.39 Å². The molecule has 2 heterocycles. The third-order valence-corrected chi connectivity index (χ3v) is 3.13. The smallest absolute Gasteiger partial charge is 0.213 e. The van der Waals surface area contributed by atoms with Gasteiger partial charge >= 0.3 is 0 Å². The van der Waals surface area contributed by atoms with Crippen molar-refractivity contribution in [2.75, 3.05) is 5.73 Å². The second kappa shape index (κ2) is 4.31. The van der Waals surface area contributed by atoms with Gasteiger partial charge in [0.05, 0.1) is 0 Å². The number of aryl methyl sites for hydroxylation is 1. The van der Waals surface area contributed by atoms with Crippen LogP contribution in [0.1, 0.15) is 5.56 Å². The van der Waals surface area contributed by atoms with Crippen molar-refractivity contribution in [1.82, 2.24) is 9.97 Å². The topological polar surface area (TPSA) is 51.8 Å². The number of nitrogen functional groups attached to an aromatic ring is 1. The Morgan fingerprint density at radius 1 is 1.00 bits per heavy atom. The molecule has 0 unspecified atom stereocenters. The summed E-state index contributed by atoms with van der Waals surface area (Å²) in [7, 11) is 0. The molecule has 0 fully saturated rings. The number of aromatic nitrogens is 2. The molecule has 3 aromatic rings. The fourth-order valence-corrected chi connectivity index (χ4v) is 2.15. The maximum atomic E-state index is 13.0. The van der Waals surface area contributed by atoms with Crippen LogP contribution in [0.3, 0.4) is 0 Å². The summed E-state index contributed by atoms with van der Waals surface area (Å²) >= 11 is 0. The predicted molar refractivity (Wildman–Crippen MR) is 74.1 cm³/mol. The Balaban J connectivity index is 2.17. The maximum Gasteiger partial charge on any atom is 0.213 e. The number of halogens is 1. The van der Waals surface area contributed by atoms with Gasteiger partial charge < -0.3 is 5.73 Å². The molecular formula is C15H12FN3. The lowest BCUT2D eigenvalue weighted by Gasteiger charge is -2.07. The molecule has 0 spiro atoms. The molecular weight excluding hydrogens is 241 g/mol. The normalized spacial score (nSPS) is 10.8. The summed E-state index contributed by atoms with van der Waals surface area (Å²) in [4.78, 5) is 7.79. The van der Waals surface area contributed by atoms with Gasteiger partial charge in [0.1, 0.15) is 5.82 Å². The van der Waals surface area contributed by atoms with E-state index in [9.17, 15) is 4.39 Å². The lowest BCUT2D eigenvalue weighted by Crippen LogP contribution is -1.91. The highest BCUT2D eigenvalue weighted by Crippen LogP contribution is 2.26. The zero-order valence-corrected chi connectivity index (χ0v) is 10.4. The van der Waals surface area contributed by atoms with E-state index < -0.39 is 5.95 Å². The number of rotatable bonds is 1. The van der Waals surface area contributed by atoms with Gasteiger partial charge in [-0.25, -0.2) is 9.97 Å². The Morgan fingerprint density at radius 2 is 1.84 bits per heavy atom. The number of anilines is 1. The minimum absolute atomic E-state index is 0.462. The van der Waals surface area contributed by atoms with Crippen LogP contribution >= 0.6 is 0 Å². The lowest BCUT2D eigenvalue weighted by atomic mass is 10.0. The van der Waals surface area contributed by atoms with E-state index in [2.05, 4.69) is 9.97 Å². The van der Waals surface area contributed by atoms with Crippen molar-refractivity contribution in [3.05, 3.63) is 54.2 Å². The second-order valence-corrected chi connectivity index (χ2v) is 4.49. The van der Waals surface area contributed by atoms with E-state index in [1.165, 1.54) is 6.07 Å². The van der Waals surface area contributed by atoms with Gasteiger partial charge in [-0.3, -0.25) is 0 Å². The number of nitrogens with two attached hydrogens (primary N) is 1. The summed E-state index contributed by atoms with van der Waals surface area (Å²) < 4.78 is 13.0. The van der Waals surface area contributed by atoms with Crippen molar-refractivity contribution in [2.24, 2.45) is 0 Å². The van der Waals surface area contributed by atoms with Crippen LogP contribution < -0.4 is 5.73 Å². The van der Waals surface area contributed by atoms with Crippen molar-refractivity contribution in [1.29, 1.82) is 0 Å². The van der Waals surface area contributed by atoms with Gasteiger partial charge in [-0.1, -0.05) is 12.1 Å². The van der Waals surface area contributed by atoms with Crippen LogP contribution in [-0.2, 0) is 0 Å². The molecule has 1 aromatic carbocycles. The molecule has 2 N–H and O–H groups in total. The number of fused-ring (bicyclic) bond motifs is 1. The molecule has 0 bridgehead atoms. The molecule has 0 radical (unpaired) electrons. The Hall–Kier alpha value is -2.49. The molecule has 4 heteroatoms. The molecule has 0 aliphatic carbocycles. The van der Waals surface area contributed by atoms with Gasteiger partial charge in [0.2, 0.25) is 5.95 Å². The van der Waals surface area contributed by atoms with Crippen LogP contribution in [0, 0.1) is 12.9 Å². The van der Waals surface area contributed by atoms with Crippen LogP contribution in [0.25, 0.3) is 21.9 Å². The summed E-state index contributed by atoms with van der Waals surface area (Å²) in [5.41, 5.74) is 8.41. The van der Waals surface area contributed by atoms with Crippen LogP contribution in [0.15, 0.2) is 42.7 Å². The van der Waals surface area contributed by atoms with Gasteiger partial charge in [0.25, 0.3) is 0 Å². The molecule has 0 atom stereocenters. The van der Waals surface area contributed by atoms with E-state index in [0.717, 1.165) is 27.5 Å². The van der Waals surface area contributed by atoms with Crippen LogP contribution in [0.4, 0.5) is 10.2 Å². The minimum Gasteiger partial charge on any atom is -0.384 e. The quantitative estimate of drug-likeness (QED) is 0.677. The fraction of sp³-hybridized carbons (Fsp3) is 0.0667. The summed E-state index contributed by atoms with van der Waals surface area (Å²) in [5.74, 6) is 0.0383. The molecule has 2 aromatic heterocycles. The van der Waals surface area contributed by atoms with Crippen molar-refractivity contribution >= 4 is 16.6 Å². The fourth-order valence-electron chi connectivity index (χ4n) is 2.15. The molecule has 0 saturated carbocycles. The van der Waals surface area contributed by atoms with Gasteiger partial charge in [0, 0.05) is 23.3 Å². The minimum atomic E-state index is -0.462. The van der Waals surface area contributed by atoms with Crippen LogP contribution in [-0.4, -0.2) is 9.97 Å². The highest BCUT2D eigenvalue weighted by molar-refractivity contribution is 5.88. The molecule has 0 aliphatic rings. The molecule has 3 rings (SSSR count). The third-order valence-electron chi connectivity index (χ3n) is 3.13. The summed E-state index contributed by atoms with van der Waals surface area (Å²) in [6.07, 6.45) is 3.29. The Morgan fingerprint density at radius 3 is 2.63 bits per heavy atom. The van der Waals surface area contributed by atoms with Crippen LogP contribution in [0.5, 0.6) is 0 Å². The SMILES string of the molecule is Cc1cc(F)ncc1-c1ccc2cc(N)ncc2c1. The lowest BCUT2D eigenvalue weighted by molar-refractivity contribution is 0.583. The molecule has 0 amide bonds. The average molecular weight is 253 g/mol. The summed E-state index contributed by atoms with van der Waals surface area (Å²) in [5, 5.41) is 2.03. The number of hydrogen-bond acceptors (Lipinski definition) is 3. The number of pyridine rings is 2. The molecule has 0 saturated heterocycles. The second-order valence-electron chi connectivity index (χ2n) is 4.49. The summed E-state index contributed by atoms with van der Waals surface area (Å²) in [6, 6.07) is 9.22. The first-order valence-corrected chi connectivity index (χ1v) is 5.91. The first-order chi connectivity index (χ1) is 9.13. The van der Waals surface area contributed by atoms with E-state index in [0.29, 0.717) is 5.82 Å². The highest BCUT2D eigenvalue weighted by Gasteiger charge is 2.05. The molecule has 19 heavy (non-hydrogen) atoms. The number of benzene rings is 1. The zero-order valence-electron chi connectivity index (χ0n) is 10.4. The highest BCUT2D eigenvalue weighted by atomic mass is 19.1. The Kier molecular flexibility index (Phi) is 2.63. The van der Waals surface area contributed by atoms with E-state index in [1.807, 2.05) is 31.2 Å². The average Bonchev–Trinajstić information content (AvgIpc) is 2.38.